The van der Waals surface area contributed by atoms with E-state index < -0.39 is 0 Å². The van der Waals surface area contributed by atoms with Crippen molar-refractivity contribution in [3.05, 3.63) is 60.6 Å². The zero-order chi connectivity index (χ0) is 11.7. The van der Waals surface area contributed by atoms with Crippen LogP contribution in [0.15, 0.2) is 60.6 Å². The van der Waals surface area contributed by atoms with Crippen molar-refractivity contribution in [3.8, 4) is 12.3 Å². The van der Waals surface area contributed by atoms with Gasteiger partial charge in [0, 0.05) is 0 Å². The Kier molecular flexibility index (Phi) is 6.50. The third-order valence-electron chi connectivity index (χ3n) is 1.56. The number of allylic oxidation sites excluding steroid dienone is 7. The first-order valence-corrected chi connectivity index (χ1v) is 4.58. The normalized spacial score (nSPS) is 13.0. The molecule has 0 radical (unpaired) electrons. The summed E-state index contributed by atoms with van der Waals surface area (Å²) in [6, 6.07) is 0. The van der Waals surface area contributed by atoms with Gasteiger partial charge in [-0.2, -0.15) is 0 Å². The van der Waals surface area contributed by atoms with E-state index in [0.717, 1.165) is 11.3 Å². The molecule has 0 aromatic heterocycles. The largest absolute Gasteiger partial charge is 0.462 e. The summed E-state index contributed by atoms with van der Waals surface area (Å²) in [7, 11) is 0. The van der Waals surface area contributed by atoms with Crippen LogP contribution in [0.3, 0.4) is 0 Å². The van der Waals surface area contributed by atoms with Crippen molar-refractivity contribution < 1.29 is 4.74 Å². The Balaban J connectivity index is 4.55. The smallest absolute Gasteiger partial charge is 0.126 e. The van der Waals surface area contributed by atoms with Gasteiger partial charge in [0.1, 0.15) is 11.5 Å². The van der Waals surface area contributed by atoms with Gasteiger partial charge in [0.05, 0.1) is 0 Å². The van der Waals surface area contributed by atoms with Crippen LogP contribution in [-0.4, -0.2) is 0 Å². The van der Waals surface area contributed by atoms with Crippen LogP contribution < -0.4 is 0 Å². The van der Waals surface area contributed by atoms with Crippen LogP contribution in [-0.2, 0) is 4.74 Å². The number of hydrogen-bond donors (Lipinski definition) is 0. The second-order valence-electron chi connectivity index (χ2n) is 2.88. The molecule has 0 aliphatic rings. The molecule has 0 fully saturated rings. The molecule has 0 atom stereocenters. The first-order chi connectivity index (χ1) is 7.13. The van der Waals surface area contributed by atoms with E-state index >= 15 is 0 Å². The van der Waals surface area contributed by atoms with Gasteiger partial charge < -0.3 is 4.74 Å². The number of ether oxygens (including phenoxy) is 1. The monoisotopic (exact) mass is 200 g/mol. The maximum atomic E-state index is 5.45. The average molecular weight is 200 g/mol. The van der Waals surface area contributed by atoms with Crippen LogP contribution in [0.2, 0.25) is 0 Å². The Bertz CT molecular complexity index is 359. The highest BCUT2D eigenvalue weighted by atomic mass is 16.5. The van der Waals surface area contributed by atoms with Gasteiger partial charge >= 0.3 is 0 Å². The maximum Gasteiger partial charge on any atom is 0.126 e. The first kappa shape index (κ1) is 13.1. The molecule has 0 heterocycles. The Morgan fingerprint density at radius 1 is 1.20 bits per heavy atom. The van der Waals surface area contributed by atoms with Crippen LogP contribution in [0.5, 0.6) is 0 Å². The van der Waals surface area contributed by atoms with Crippen molar-refractivity contribution >= 4 is 0 Å². The average Bonchev–Trinajstić information content (AvgIpc) is 2.25. The van der Waals surface area contributed by atoms with Gasteiger partial charge in [-0.1, -0.05) is 25.2 Å². The number of rotatable bonds is 5. The number of terminal acetylenes is 1. The molecule has 0 rings (SSSR count). The summed E-state index contributed by atoms with van der Waals surface area (Å²) in [4.78, 5) is 0. The lowest BCUT2D eigenvalue weighted by atomic mass is 10.3. The molecule has 0 unspecified atom stereocenters. The van der Waals surface area contributed by atoms with E-state index in [1.165, 1.54) is 0 Å². The molecule has 0 saturated heterocycles. The summed E-state index contributed by atoms with van der Waals surface area (Å²) in [5.74, 6) is 3.93. The highest BCUT2D eigenvalue weighted by molar-refractivity contribution is 5.28. The van der Waals surface area contributed by atoms with E-state index in [9.17, 15) is 0 Å². The lowest BCUT2D eigenvalue weighted by Gasteiger charge is -2.04. The van der Waals surface area contributed by atoms with Crippen LogP contribution >= 0.6 is 0 Å². The molecular formula is C14H16O. The van der Waals surface area contributed by atoms with Crippen molar-refractivity contribution in [2.24, 2.45) is 0 Å². The molecular weight excluding hydrogens is 184 g/mol. The standard InChI is InChI=1S/C14H16O/c1-6-9-14(8-3)15-13(5)11-10-12(4)7-2/h2,6,8-11H,1,3H2,4-5H3/b12-10-,13-11+,14-9+. The van der Waals surface area contributed by atoms with Gasteiger partial charge in [0.2, 0.25) is 0 Å². The molecule has 0 amide bonds. The van der Waals surface area contributed by atoms with Crippen LogP contribution in [0.1, 0.15) is 13.8 Å². The highest BCUT2D eigenvalue weighted by Crippen LogP contribution is 2.07. The molecule has 1 nitrogen and oxygen atoms in total. The van der Waals surface area contributed by atoms with Crippen molar-refractivity contribution in [3.63, 3.8) is 0 Å². The molecule has 78 valence electrons. The summed E-state index contributed by atoms with van der Waals surface area (Å²) in [5.41, 5.74) is 0.853. The van der Waals surface area contributed by atoms with Crippen molar-refractivity contribution in [1.82, 2.24) is 0 Å². The minimum absolute atomic E-state index is 0.658. The van der Waals surface area contributed by atoms with Crippen LogP contribution in [0.25, 0.3) is 0 Å². The Morgan fingerprint density at radius 3 is 2.33 bits per heavy atom. The van der Waals surface area contributed by atoms with E-state index in [1.807, 2.05) is 26.0 Å². The zero-order valence-corrected chi connectivity index (χ0v) is 9.29. The summed E-state index contributed by atoms with van der Waals surface area (Å²) >= 11 is 0. The Hall–Kier alpha value is -1.94. The second-order valence-corrected chi connectivity index (χ2v) is 2.88. The third kappa shape index (κ3) is 6.17. The van der Waals surface area contributed by atoms with Crippen molar-refractivity contribution in [2.45, 2.75) is 13.8 Å². The minimum atomic E-state index is 0.658. The second kappa shape index (κ2) is 7.46. The fraction of sp³-hybridized carbons (Fsp3) is 0.143. The van der Waals surface area contributed by atoms with Gasteiger partial charge in [-0.15, -0.1) is 6.42 Å². The fourth-order valence-corrected chi connectivity index (χ4v) is 0.770. The Morgan fingerprint density at radius 2 is 1.87 bits per heavy atom. The van der Waals surface area contributed by atoms with Gasteiger partial charge in [-0.3, -0.25) is 0 Å². The molecule has 15 heavy (non-hydrogen) atoms. The molecule has 0 aromatic carbocycles. The van der Waals surface area contributed by atoms with E-state index in [2.05, 4.69) is 19.1 Å². The molecule has 0 N–H and O–H groups in total. The quantitative estimate of drug-likeness (QED) is 0.373. The summed E-state index contributed by atoms with van der Waals surface area (Å²) in [6.45, 7) is 10.9. The van der Waals surface area contributed by atoms with Crippen molar-refractivity contribution in [1.29, 1.82) is 0 Å². The molecule has 1 heteroatoms. The topological polar surface area (TPSA) is 9.23 Å². The minimum Gasteiger partial charge on any atom is -0.462 e. The van der Waals surface area contributed by atoms with Crippen LogP contribution in [0, 0.1) is 12.3 Å². The summed E-state index contributed by atoms with van der Waals surface area (Å²) in [6.07, 6.45) is 13.8. The molecule has 0 aromatic rings. The molecule has 0 aliphatic heterocycles. The summed E-state index contributed by atoms with van der Waals surface area (Å²) < 4.78 is 5.45. The third-order valence-corrected chi connectivity index (χ3v) is 1.56. The molecule has 0 aliphatic carbocycles. The highest BCUT2D eigenvalue weighted by Gasteiger charge is 1.92. The SMILES string of the molecule is C#C/C(C)=C\C=C(/C)O/C(C=C)=C/C=C. The van der Waals surface area contributed by atoms with Gasteiger partial charge in [-0.25, -0.2) is 0 Å². The maximum absolute atomic E-state index is 5.45. The first-order valence-electron chi connectivity index (χ1n) is 4.58. The van der Waals surface area contributed by atoms with E-state index in [4.69, 9.17) is 11.2 Å². The predicted octanol–water partition coefficient (Wildman–Crippen LogP) is 3.74. The molecule has 0 spiro atoms. The van der Waals surface area contributed by atoms with E-state index in [-0.39, 0.29) is 0 Å². The van der Waals surface area contributed by atoms with E-state index in [0.29, 0.717) is 5.76 Å². The predicted molar refractivity (Wildman–Crippen MR) is 65.9 cm³/mol. The Labute approximate surface area is 92.1 Å². The number of hydrogen-bond acceptors (Lipinski definition) is 1. The molecule has 0 saturated carbocycles. The van der Waals surface area contributed by atoms with Gasteiger partial charge in [0.15, 0.2) is 0 Å². The van der Waals surface area contributed by atoms with Crippen LogP contribution in [0.4, 0.5) is 0 Å². The van der Waals surface area contributed by atoms with Gasteiger partial charge in [0.25, 0.3) is 0 Å². The lowest BCUT2D eigenvalue weighted by molar-refractivity contribution is 0.323. The summed E-state index contributed by atoms with van der Waals surface area (Å²) in [5, 5.41) is 0. The zero-order valence-electron chi connectivity index (χ0n) is 9.29. The lowest BCUT2D eigenvalue weighted by Crippen LogP contribution is -1.86. The van der Waals surface area contributed by atoms with Crippen molar-refractivity contribution in [2.75, 3.05) is 0 Å². The molecule has 0 bridgehead atoms. The fourth-order valence-electron chi connectivity index (χ4n) is 0.770. The van der Waals surface area contributed by atoms with Gasteiger partial charge in [-0.05, 0) is 43.7 Å². The van der Waals surface area contributed by atoms with E-state index in [1.54, 1.807) is 18.2 Å².